The first kappa shape index (κ1) is 10.8. The molecule has 0 aliphatic heterocycles. The van der Waals surface area contributed by atoms with Gasteiger partial charge in [0.1, 0.15) is 0 Å². The number of benzene rings is 1. The van der Waals surface area contributed by atoms with E-state index in [0.717, 1.165) is 12.8 Å². The number of carbonyl (C=O) groups is 1. The van der Waals surface area contributed by atoms with E-state index in [0.29, 0.717) is 6.54 Å². The summed E-state index contributed by atoms with van der Waals surface area (Å²) in [6, 6.07) is 8.25. The Kier molecular flexibility index (Phi) is 4.17. The van der Waals surface area contributed by atoms with Gasteiger partial charge < -0.3 is 5.32 Å². The van der Waals surface area contributed by atoms with Gasteiger partial charge >= 0.3 is 0 Å². The summed E-state index contributed by atoms with van der Waals surface area (Å²) in [6.07, 6.45) is 2.22. The molecule has 0 radical (unpaired) electrons. The number of hydrogen-bond donors (Lipinski definition) is 1. The van der Waals surface area contributed by atoms with Crippen molar-refractivity contribution >= 4 is 5.91 Å². The molecule has 0 bridgehead atoms. The van der Waals surface area contributed by atoms with Crippen LogP contribution in [0.3, 0.4) is 0 Å². The minimum Gasteiger partial charge on any atom is -0.352 e. The van der Waals surface area contributed by atoms with Crippen LogP contribution in [-0.4, -0.2) is 5.91 Å². The van der Waals surface area contributed by atoms with E-state index < -0.39 is 0 Å². The van der Waals surface area contributed by atoms with Crippen molar-refractivity contribution in [3.05, 3.63) is 35.4 Å². The summed E-state index contributed by atoms with van der Waals surface area (Å²) in [5, 5.41) is 2.82. The van der Waals surface area contributed by atoms with E-state index in [1.165, 1.54) is 11.1 Å². The third-order valence-electron chi connectivity index (χ3n) is 2.17. The molecule has 1 aromatic rings. The van der Waals surface area contributed by atoms with E-state index in [1.807, 2.05) is 12.1 Å². The molecule has 0 saturated heterocycles. The van der Waals surface area contributed by atoms with Crippen LogP contribution in [0.5, 0.6) is 0 Å². The van der Waals surface area contributed by atoms with Gasteiger partial charge in [0.25, 0.3) is 0 Å². The Morgan fingerprint density at radius 2 is 1.93 bits per heavy atom. The second-order valence-corrected chi connectivity index (χ2v) is 3.43. The molecule has 0 unspecified atom stereocenters. The van der Waals surface area contributed by atoms with Crippen LogP contribution in [0, 0.1) is 0 Å². The Morgan fingerprint density at radius 3 is 2.50 bits per heavy atom. The first-order valence-electron chi connectivity index (χ1n) is 5.05. The molecule has 0 atom stereocenters. The predicted molar refractivity (Wildman–Crippen MR) is 58.0 cm³/mol. The zero-order valence-electron chi connectivity index (χ0n) is 8.84. The third-order valence-corrected chi connectivity index (χ3v) is 2.17. The van der Waals surface area contributed by atoms with Gasteiger partial charge in [0.05, 0.1) is 0 Å². The molecule has 0 aromatic heterocycles. The molecule has 14 heavy (non-hydrogen) atoms. The van der Waals surface area contributed by atoms with Crippen LogP contribution < -0.4 is 5.32 Å². The zero-order valence-corrected chi connectivity index (χ0v) is 8.84. The lowest BCUT2D eigenvalue weighted by atomic mass is 10.0. The molecule has 2 heteroatoms. The second kappa shape index (κ2) is 5.43. The average Bonchev–Trinajstić information content (AvgIpc) is 2.17. The SMILES string of the molecule is CCCc1ccccc1CNC(C)=O. The normalized spacial score (nSPS) is 9.86. The van der Waals surface area contributed by atoms with Crippen LogP contribution in [0.25, 0.3) is 0 Å². The molecule has 1 amide bonds. The predicted octanol–water partition coefficient (Wildman–Crippen LogP) is 2.28. The largest absolute Gasteiger partial charge is 0.352 e. The summed E-state index contributed by atoms with van der Waals surface area (Å²) in [4.78, 5) is 10.8. The highest BCUT2D eigenvalue weighted by molar-refractivity contribution is 5.72. The average molecular weight is 191 g/mol. The zero-order chi connectivity index (χ0) is 10.4. The lowest BCUT2D eigenvalue weighted by molar-refractivity contribution is -0.119. The standard InChI is InChI=1S/C12H17NO/c1-3-6-11-7-4-5-8-12(11)9-13-10(2)14/h4-5,7-8H,3,6,9H2,1-2H3,(H,13,14). The van der Waals surface area contributed by atoms with Crippen LogP contribution in [0.15, 0.2) is 24.3 Å². The van der Waals surface area contributed by atoms with Crippen molar-refractivity contribution in [2.45, 2.75) is 33.2 Å². The monoisotopic (exact) mass is 191 g/mol. The lowest BCUT2D eigenvalue weighted by Gasteiger charge is -2.08. The molecular weight excluding hydrogens is 174 g/mol. The number of amides is 1. The molecule has 1 aromatic carbocycles. The number of nitrogens with one attached hydrogen (secondary N) is 1. The fraction of sp³-hybridized carbons (Fsp3) is 0.417. The van der Waals surface area contributed by atoms with Crippen LogP contribution in [0.2, 0.25) is 0 Å². The van der Waals surface area contributed by atoms with Gasteiger partial charge in [-0.25, -0.2) is 0 Å². The fourth-order valence-electron chi connectivity index (χ4n) is 1.46. The summed E-state index contributed by atoms with van der Waals surface area (Å²) in [6.45, 7) is 4.35. The molecule has 0 heterocycles. The Labute approximate surface area is 85.3 Å². The third kappa shape index (κ3) is 3.21. The topological polar surface area (TPSA) is 29.1 Å². The van der Waals surface area contributed by atoms with Gasteiger partial charge in [-0.3, -0.25) is 4.79 Å². The van der Waals surface area contributed by atoms with Gasteiger partial charge in [-0.15, -0.1) is 0 Å². The molecule has 0 aliphatic carbocycles. The number of aryl methyl sites for hydroxylation is 1. The van der Waals surface area contributed by atoms with Crippen molar-refractivity contribution in [3.8, 4) is 0 Å². The molecule has 0 saturated carbocycles. The van der Waals surface area contributed by atoms with Gasteiger partial charge in [-0.2, -0.15) is 0 Å². The van der Waals surface area contributed by atoms with E-state index in [2.05, 4.69) is 24.4 Å². The molecule has 0 spiro atoms. The summed E-state index contributed by atoms with van der Waals surface area (Å²) in [7, 11) is 0. The van der Waals surface area contributed by atoms with Gasteiger partial charge in [0, 0.05) is 13.5 Å². The van der Waals surface area contributed by atoms with Crippen molar-refractivity contribution in [2.24, 2.45) is 0 Å². The molecule has 2 nitrogen and oxygen atoms in total. The Bertz CT molecular complexity index is 307. The van der Waals surface area contributed by atoms with E-state index in [-0.39, 0.29) is 5.91 Å². The van der Waals surface area contributed by atoms with E-state index >= 15 is 0 Å². The Balaban J connectivity index is 2.68. The van der Waals surface area contributed by atoms with E-state index in [4.69, 9.17) is 0 Å². The second-order valence-electron chi connectivity index (χ2n) is 3.43. The van der Waals surface area contributed by atoms with Gasteiger partial charge in [0.15, 0.2) is 0 Å². The molecule has 0 fully saturated rings. The Morgan fingerprint density at radius 1 is 1.29 bits per heavy atom. The molecule has 0 aliphatic rings. The number of rotatable bonds is 4. The summed E-state index contributed by atoms with van der Waals surface area (Å²) in [5.74, 6) is 0.0244. The van der Waals surface area contributed by atoms with E-state index in [1.54, 1.807) is 6.92 Å². The quantitative estimate of drug-likeness (QED) is 0.777. The van der Waals surface area contributed by atoms with Crippen molar-refractivity contribution < 1.29 is 4.79 Å². The highest BCUT2D eigenvalue weighted by atomic mass is 16.1. The van der Waals surface area contributed by atoms with Crippen LogP contribution in [0.4, 0.5) is 0 Å². The number of carbonyl (C=O) groups excluding carboxylic acids is 1. The maximum atomic E-state index is 10.8. The highest BCUT2D eigenvalue weighted by Crippen LogP contribution is 2.10. The van der Waals surface area contributed by atoms with Crippen molar-refractivity contribution in [1.82, 2.24) is 5.32 Å². The maximum Gasteiger partial charge on any atom is 0.217 e. The van der Waals surface area contributed by atoms with Crippen molar-refractivity contribution in [1.29, 1.82) is 0 Å². The first-order valence-corrected chi connectivity index (χ1v) is 5.05. The van der Waals surface area contributed by atoms with E-state index in [9.17, 15) is 4.79 Å². The van der Waals surface area contributed by atoms with Crippen molar-refractivity contribution in [2.75, 3.05) is 0 Å². The van der Waals surface area contributed by atoms with Crippen LogP contribution in [-0.2, 0) is 17.8 Å². The smallest absolute Gasteiger partial charge is 0.217 e. The fourth-order valence-corrected chi connectivity index (χ4v) is 1.46. The Hall–Kier alpha value is -1.31. The lowest BCUT2D eigenvalue weighted by Crippen LogP contribution is -2.19. The van der Waals surface area contributed by atoms with Crippen LogP contribution >= 0.6 is 0 Å². The molecule has 76 valence electrons. The first-order chi connectivity index (χ1) is 6.74. The summed E-state index contributed by atoms with van der Waals surface area (Å²) < 4.78 is 0. The number of hydrogen-bond acceptors (Lipinski definition) is 1. The van der Waals surface area contributed by atoms with Crippen molar-refractivity contribution in [3.63, 3.8) is 0 Å². The van der Waals surface area contributed by atoms with Gasteiger partial charge in [-0.1, -0.05) is 37.6 Å². The van der Waals surface area contributed by atoms with Gasteiger partial charge in [0.2, 0.25) is 5.91 Å². The molecule has 1 rings (SSSR count). The summed E-state index contributed by atoms with van der Waals surface area (Å²) >= 11 is 0. The highest BCUT2D eigenvalue weighted by Gasteiger charge is 2.00. The van der Waals surface area contributed by atoms with Gasteiger partial charge in [-0.05, 0) is 17.5 Å². The molecule has 1 N–H and O–H groups in total. The minimum absolute atomic E-state index is 0.0244. The summed E-state index contributed by atoms with van der Waals surface area (Å²) in [5.41, 5.74) is 2.56. The maximum absolute atomic E-state index is 10.8. The van der Waals surface area contributed by atoms with Crippen LogP contribution in [0.1, 0.15) is 31.4 Å². The minimum atomic E-state index is 0.0244. The molecular formula is C12H17NO.